The number of hydrogen-bond acceptors (Lipinski definition) is 5. The molecule has 0 spiro atoms. The molecule has 1 heterocycles. The lowest BCUT2D eigenvalue weighted by Gasteiger charge is -2.12. The van der Waals surface area contributed by atoms with Crippen LogP contribution in [0, 0.1) is 13.8 Å². The Labute approximate surface area is 179 Å². The van der Waals surface area contributed by atoms with E-state index in [1.165, 1.54) is 0 Å². The van der Waals surface area contributed by atoms with Crippen molar-refractivity contribution >= 4 is 46.3 Å². The van der Waals surface area contributed by atoms with Gasteiger partial charge in [-0.3, -0.25) is 9.59 Å². The van der Waals surface area contributed by atoms with Crippen LogP contribution in [0.15, 0.2) is 52.7 Å². The molecule has 5 nitrogen and oxygen atoms in total. The summed E-state index contributed by atoms with van der Waals surface area (Å²) < 4.78 is 0. The van der Waals surface area contributed by atoms with Crippen LogP contribution in [0.5, 0.6) is 0 Å². The average molecular weight is 426 g/mol. The summed E-state index contributed by atoms with van der Waals surface area (Å²) in [5.74, 6) is 0.566. The fraction of sp³-hybridized carbons (Fsp3) is 0.227. The van der Waals surface area contributed by atoms with Crippen molar-refractivity contribution in [2.45, 2.75) is 37.8 Å². The highest BCUT2D eigenvalue weighted by atomic mass is 32.2. The number of amides is 2. The monoisotopic (exact) mass is 425 g/mol. The van der Waals surface area contributed by atoms with E-state index in [2.05, 4.69) is 21.0 Å². The molecule has 150 valence electrons. The van der Waals surface area contributed by atoms with Gasteiger partial charge in [0.25, 0.3) is 5.91 Å². The highest BCUT2D eigenvalue weighted by molar-refractivity contribution is 7.98. The quantitative estimate of drug-likeness (QED) is 0.480. The van der Waals surface area contributed by atoms with Gasteiger partial charge >= 0.3 is 0 Å². The normalized spacial score (nSPS) is 10.6. The number of thiazole rings is 1. The zero-order valence-electron chi connectivity index (χ0n) is 16.6. The minimum atomic E-state index is -0.182. The van der Waals surface area contributed by atoms with Gasteiger partial charge in [-0.1, -0.05) is 13.0 Å². The van der Waals surface area contributed by atoms with E-state index in [9.17, 15) is 9.59 Å². The second-order valence-corrected chi connectivity index (χ2v) is 8.67. The number of nitrogens with zero attached hydrogens (tertiary/aromatic N) is 1. The molecule has 0 fully saturated rings. The smallest absolute Gasteiger partial charge is 0.255 e. The van der Waals surface area contributed by atoms with Crippen LogP contribution in [0.25, 0.3) is 0 Å². The first-order valence-electron chi connectivity index (χ1n) is 9.30. The minimum Gasteiger partial charge on any atom is -0.326 e. The summed E-state index contributed by atoms with van der Waals surface area (Å²) in [6, 6.07) is 13.0. The molecule has 0 bridgehead atoms. The molecule has 3 rings (SSSR count). The van der Waals surface area contributed by atoms with E-state index in [-0.39, 0.29) is 11.8 Å². The molecular formula is C22H23N3O2S2. The number of anilines is 2. The highest BCUT2D eigenvalue weighted by Crippen LogP contribution is 2.25. The van der Waals surface area contributed by atoms with Gasteiger partial charge in [-0.2, -0.15) is 0 Å². The first-order valence-corrected chi connectivity index (χ1v) is 11.2. The summed E-state index contributed by atoms with van der Waals surface area (Å²) >= 11 is 3.35. The average Bonchev–Trinajstić information content (AvgIpc) is 3.14. The number of thioether (sulfide) groups is 1. The van der Waals surface area contributed by atoms with Crippen molar-refractivity contribution < 1.29 is 9.59 Å². The van der Waals surface area contributed by atoms with Gasteiger partial charge in [-0.25, -0.2) is 4.98 Å². The molecule has 7 heteroatoms. The van der Waals surface area contributed by atoms with Gasteiger partial charge in [0.15, 0.2) is 0 Å². The maximum atomic E-state index is 12.6. The molecule has 29 heavy (non-hydrogen) atoms. The predicted octanol–water partition coefficient (Wildman–Crippen LogP) is 5.65. The summed E-state index contributed by atoms with van der Waals surface area (Å²) in [6.45, 7) is 5.72. The van der Waals surface area contributed by atoms with E-state index in [1.54, 1.807) is 36.1 Å². The van der Waals surface area contributed by atoms with E-state index in [0.29, 0.717) is 23.4 Å². The number of aromatic nitrogens is 1. The number of carbonyl (C=O) groups is 2. The van der Waals surface area contributed by atoms with Crippen molar-refractivity contribution in [1.29, 1.82) is 0 Å². The highest BCUT2D eigenvalue weighted by Gasteiger charge is 2.10. The fourth-order valence-corrected chi connectivity index (χ4v) is 4.12. The second-order valence-electron chi connectivity index (χ2n) is 6.56. The van der Waals surface area contributed by atoms with E-state index >= 15 is 0 Å². The largest absolute Gasteiger partial charge is 0.326 e. The number of nitrogens with one attached hydrogen (secondary N) is 2. The Hall–Kier alpha value is -2.64. The predicted molar refractivity (Wildman–Crippen MR) is 121 cm³/mol. The number of rotatable bonds is 7. The van der Waals surface area contributed by atoms with Gasteiger partial charge < -0.3 is 10.6 Å². The lowest BCUT2D eigenvalue weighted by molar-refractivity contribution is -0.115. The molecule has 0 aliphatic rings. The van der Waals surface area contributed by atoms with Crippen LogP contribution in [0.1, 0.15) is 40.0 Å². The maximum absolute atomic E-state index is 12.6. The Morgan fingerprint density at radius 2 is 1.83 bits per heavy atom. The van der Waals surface area contributed by atoms with E-state index in [0.717, 1.165) is 26.9 Å². The van der Waals surface area contributed by atoms with E-state index in [1.807, 2.05) is 50.2 Å². The molecule has 0 saturated carbocycles. The van der Waals surface area contributed by atoms with Crippen LogP contribution in [0.2, 0.25) is 0 Å². The first kappa shape index (κ1) is 21.1. The zero-order valence-corrected chi connectivity index (χ0v) is 18.2. The molecule has 2 amide bonds. The van der Waals surface area contributed by atoms with Crippen molar-refractivity contribution in [3.8, 4) is 0 Å². The number of aryl methyl sites for hydroxylation is 2. The second kappa shape index (κ2) is 9.71. The van der Waals surface area contributed by atoms with Crippen molar-refractivity contribution in [3.63, 3.8) is 0 Å². The van der Waals surface area contributed by atoms with Gasteiger partial charge in [-0.05, 0) is 55.8 Å². The van der Waals surface area contributed by atoms with Crippen LogP contribution in [0.4, 0.5) is 11.4 Å². The van der Waals surface area contributed by atoms with Gasteiger partial charge in [0.05, 0.1) is 10.7 Å². The van der Waals surface area contributed by atoms with Crippen LogP contribution >= 0.6 is 23.1 Å². The zero-order chi connectivity index (χ0) is 20.8. The van der Waals surface area contributed by atoms with Crippen molar-refractivity contribution in [3.05, 3.63) is 69.7 Å². The Balaban J connectivity index is 1.63. The van der Waals surface area contributed by atoms with Crippen LogP contribution in [0.3, 0.4) is 0 Å². The van der Waals surface area contributed by atoms with Crippen LogP contribution < -0.4 is 10.6 Å². The molecular weight excluding hydrogens is 402 g/mol. The van der Waals surface area contributed by atoms with Gasteiger partial charge in [0.1, 0.15) is 0 Å². The van der Waals surface area contributed by atoms with Crippen LogP contribution in [-0.4, -0.2) is 16.8 Å². The third-order valence-electron chi connectivity index (χ3n) is 4.26. The molecule has 1 aromatic heterocycles. The van der Waals surface area contributed by atoms with Crippen LogP contribution in [-0.2, 0) is 10.5 Å². The maximum Gasteiger partial charge on any atom is 0.255 e. The molecule has 2 N–H and O–H groups in total. The van der Waals surface area contributed by atoms with Crippen molar-refractivity contribution in [2.24, 2.45) is 0 Å². The number of hydrogen-bond donors (Lipinski definition) is 2. The first-order chi connectivity index (χ1) is 13.9. The summed E-state index contributed by atoms with van der Waals surface area (Å²) in [5, 5.41) is 8.89. The summed E-state index contributed by atoms with van der Waals surface area (Å²) in [7, 11) is 0. The molecule has 0 saturated heterocycles. The minimum absolute atomic E-state index is 0.0629. The summed E-state index contributed by atoms with van der Waals surface area (Å²) in [6.07, 6.45) is 0.405. The number of carbonyl (C=O) groups excluding carboxylic acids is 2. The van der Waals surface area contributed by atoms with E-state index < -0.39 is 0 Å². The Kier molecular flexibility index (Phi) is 7.06. The van der Waals surface area contributed by atoms with Gasteiger partial charge in [-0.15, -0.1) is 23.1 Å². The SMILES string of the molecule is CCC(=O)Nc1ccc(C)c(NC(=O)c2ccc(SCc3csc(C)n3)cc2)c1. The summed E-state index contributed by atoms with van der Waals surface area (Å²) in [5.41, 5.74) is 3.94. The molecule has 0 unspecified atom stereocenters. The molecule has 2 aromatic carbocycles. The third-order valence-corrected chi connectivity index (χ3v) is 6.13. The molecule has 0 aliphatic heterocycles. The Morgan fingerprint density at radius 1 is 1.07 bits per heavy atom. The molecule has 0 atom stereocenters. The molecule has 0 aliphatic carbocycles. The standard InChI is InChI=1S/C22H23N3O2S2/c1-4-21(26)24-17-8-5-14(2)20(11-17)25-22(27)16-6-9-19(10-7-16)29-13-18-12-28-15(3)23-18/h5-12H,4,13H2,1-3H3,(H,24,26)(H,25,27). The summed E-state index contributed by atoms with van der Waals surface area (Å²) in [4.78, 5) is 29.8. The lowest BCUT2D eigenvalue weighted by atomic mass is 10.1. The molecule has 0 radical (unpaired) electrons. The third kappa shape index (κ3) is 5.92. The number of benzene rings is 2. The van der Waals surface area contributed by atoms with E-state index in [4.69, 9.17) is 0 Å². The van der Waals surface area contributed by atoms with Crippen molar-refractivity contribution in [1.82, 2.24) is 4.98 Å². The topological polar surface area (TPSA) is 71.1 Å². The fourth-order valence-electron chi connectivity index (χ4n) is 2.61. The van der Waals surface area contributed by atoms with Crippen molar-refractivity contribution in [2.75, 3.05) is 10.6 Å². The lowest BCUT2D eigenvalue weighted by Crippen LogP contribution is -2.14. The van der Waals surface area contributed by atoms with Gasteiger partial charge in [0, 0.05) is 39.4 Å². The van der Waals surface area contributed by atoms with Gasteiger partial charge in [0.2, 0.25) is 5.91 Å². The Morgan fingerprint density at radius 3 is 2.48 bits per heavy atom. The Bertz CT molecular complexity index is 1010. The molecule has 3 aromatic rings.